The van der Waals surface area contributed by atoms with Gasteiger partial charge in [-0.3, -0.25) is 9.05 Å². The zero-order valence-corrected chi connectivity index (χ0v) is 30.7. The fourth-order valence-electron chi connectivity index (χ4n) is 4.57. The van der Waals surface area contributed by atoms with Crippen molar-refractivity contribution in [3.63, 3.8) is 0 Å². The van der Waals surface area contributed by atoms with Crippen molar-refractivity contribution >= 4 is 15.6 Å². The van der Waals surface area contributed by atoms with Crippen molar-refractivity contribution in [3.05, 3.63) is 97.1 Å². The SMILES string of the molecule is CCOP1(=O)Oc2ccccc2OCCOCCOc2ccccc2OP(=O)(OCC)Oc2ccccc2OCCOCCOc2ccccc2O1. The standard InChI is InChI=1S/C36H42O14P2/c1-3-45-51(37)47-33-17-9-5-13-29(33)41-25-21-39-23-27-43-31-15-7-11-19-35(31)49-52(38,46-4-2)50-36-20-12-8-16-32(36)44-28-24-40-22-26-42-30-14-6-10-18-34(30)48-51/h5-20H,3-4,21-28H2,1-2H3. The second kappa shape index (κ2) is 20.0. The number of rotatable bonds is 4. The van der Waals surface area contributed by atoms with Crippen molar-refractivity contribution in [3.8, 4) is 46.0 Å². The van der Waals surface area contributed by atoms with Gasteiger partial charge >= 0.3 is 15.6 Å². The quantitative estimate of drug-likeness (QED) is 0.184. The summed E-state index contributed by atoms with van der Waals surface area (Å²) in [6.45, 7) is 4.77. The number of hydrogen-bond acceptors (Lipinski definition) is 14. The Balaban J connectivity index is 1.32. The summed E-state index contributed by atoms with van der Waals surface area (Å²) in [5.74, 6) is 1.82. The van der Waals surface area contributed by atoms with Gasteiger partial charge in [0, 0.05) is 0 Å². The molecule has 0 aliphatic carbocycles. The minimum Gasteiger partial charge on any atom is -0.487 e. The van der Waals surface area contributed by atoms with E-state index in [0.29, 0.717) is 23.0 Å². The molecule has 0 spiro atoms. The van der Waals surface area contributed by atoms with Gasteiger partial charge in [-0.05, 0) is 62.4 Å². The molecule has 0 aromatic heterocycles. The Morgan fingerprint density at radius 3 is 0.865 bits per heavy atom. The minimum absolute atomic E-state index is 0.0498. The van der Waals surface area contributed by atoms with Crippen molar-refractivity contribution in [2.24, 2.45) is 0 Å². The van der Waals surface area contributed by atoms with E-state index in [4.69, 9.17) is 55.6 Å². The zero-order chi connectivity index (χ0) is 36.5. The lowest BCUT2D eigenvalue weighted by molar-refractivity contribution is 0.0745. The molecular formula is C36H42O14P2. The summed E-state index contributed by atoms with van der Waals surface area (Å²) in [5, 5.41) is 0. The molecule has 0 fully saturated rings. The van der Waals surface area contributed by atoms with E-state index in [1.807, 2.05) is 0 Å². The summed E-state index contributed by atoms with van der Waals surface area (Å²) >= 11 is 0. The zero-order valence-electron chi connectivity index (χ0n) is 28.9. The summed E-state index contributed by atoms with van der Waals surface area (Å²) in [5.41, 5.74) is 0. The van der Waals surface area contributed by atoms with Crippen LogP contribution in [-0.4, -0.2) is 66.1 Å². The molecule has 52 heavy (non-hydrogen) atoms. The van der Waals surface area contributed by atoms with Crippen LogP contribution in [0.1, 0.15) is 13.8 Å². The van der Waals surface area contributed by atoms with E-state index in [9.17, 15) is 9.13 Å². The number of para-hydroxylation sites is 8. The fraction of sp³-hybridized carbons (Fsp3) is 0.333. The maximum atomic E-state index is 13.8. The van der Waals surface area contributed by atoms with E-state index in [1.165, 1.54) is 0 Å². The van der Waals surface area contributed by atoms with Crippen LogP contribution in [0.25, 0.3) is 0 Å². The average molecular weight is 761 g/mol. The molecule has 4 aromatic carbocycles. The maximum absolute atomic E-state index is 13.8. The first kappa shape index (κ1) is 38.8. The van der Waals surface area contributed by atoms with Gasteiger partial charge in [0.15, 0.2) is 46.0 Å². The normalized spacial score (nSPS) is 20.8. The first-order valence-corrected chi connectivity index (χ1v) is 19.6. The van der Waals surface area contributed by atoms with E-state index >= 15 is 0 Å². The number of benzene rings is 4. The van der Waals surface area contributed by atoms with Crippen LogP contribution in [0.4, 0.5) is 0 Å². The predicted octanol–water partition coefficient (Wildman–Crippen LogP) is 8.15. The minimum atomic E-state index is -4.20. The van der Waals surface area contributed by atoms with Gasteiger partial charge in [-0.2, -0.15) is 0 Å². The van der Waals surface area contributed by atoms with Gasteiger partial charge in [-0.1, -0.05) is 48.5 Å². The van der Waals surface area contributed by atoms with Gasteiger partial charge < -0.3 is 46.5 Å². The summed E-state index contributed by atoms with van der Waals surface area (Å²) in [6, 6.07) is 26.8. The van der Waals surface area contributed by atoms with E-state index < -0.39 is 15.6 Å². The number of phosphoric acid groups is 2. The molecule has 16 heteroatoms. The monoisotopic (exact) mass is 760 g/mol. The van der Waals surface area contributed by atoms with Gasteiger partial charge in [0.2, 0.25) is 0 Å². The molecule has 14 nitrogen and oxygen atoms in total. The lowest BCUT2D eigenvalue weighted by atomic mass is 10.3. The van der Waals surface area contributed by atoms with Crippen molar-refractivity contribution in [1.29, 1.82) is 0 Å². The summed E-state index contributed by atoms with van der Waals surface area (Å²) in [6.07, 6.45) is 0. The van der Waals surface area contributed by atoms with Crippen molar-refractivity contribution < 1.29 is 64.7 Å². The Hall–Kier alpha value is -4.42. The molecule has 1 aliphatic rings. The Kier molecular flexibility index (Phi) is 14.9. The molecule has 0 bridgehead atoms. The third kappa shape index (κ3) is 11.8. The Labute approximate surface area is 302 Å². The highest BCUT2D eigenvalue weighted by Crippen LogP contribution is 2.54. The summed E-state index contributed by atoms with van der Waals surface area (Å²) in [4.78, 5) is 0. The van der Waals surface area contributed by atoms with Gasteiger partial charge in [-0.25, -0.2) is 9.13 Å². The van der Waals surface area contributed by atoms with E-state index in [1.54, 1.807) is 111 Å². The smallest absolute Gasteiger partial charge is 0.487 e. The lowest BCUT2D eigenvalue weighted by Crippen LogP contribution is -2.14. The number of phosphoric ester groups is 2. The third-order valence-corrected chi connectivity index (χ3v) is 9.58. The molecule has 1 aliphatic heterocycles. The molecule has 0 amide bonds. The van der Waals surface area contributed by atoms with Crippen molar-refractivity contribution in [2.45, 2.75) is 13.8 Å². The second-order valence-corrected chi connectivity index (χ2v) is 13.5. The van der Waals surface area contributed by atoms with E-state index in [2.05, 4.69) is 0 Å². The Morgan fingerprint density at radius 1 is 0.404 bits per heavy atom. The lowest BCUT2D eigenvalue weighted by Gasteiger charge is -2.21. The molecular weight excluding hydrogens is 718 g/mol. The van der Waals surface area contributed by atoms with Crippen LogP contribution in [0.3, 0.4) is 0 Å². The third-order valence-electron chi connectivity index (χ3n) is 6.75. The average Bonchev–Trinajstić information content (AvgIpc) is 3.13. The second-order valence-electron chi connectivity index (χ2n) is 10.5. The highest BCUT2D eigenvalue weighted by molar-refractivity contribution is 7.49. The molecule has 0 unspecified atom stereocenters. The topological polar surface area (TPSA) is 145 Å². The van der Waals surface area contributed by atoms with Crippen molar-refractivity contribution in [2.75, 3.05) is 66.1 Å². The fourth-order valence-corrected chi connectivity index (χ4v) is 7.05. The number of hydrogen-bond donors (Lipinski definition) is 0. The van der Waals surface area contributed by atoms with Gasteiger partial charge in [0.05, 0.1) is 39.6 Å². The van der Waals surface area contributed by atoms with Gasteiger partial charge in [0.25, 0.3) is 0 Å². The molecule has 5 rings (SSSR count). The molecule has 280 valence electrons. The first-order chi connectivity index (χ1) is 25.4. The Bertz CT molecular complexity index is 1540. The highest BCUT2D eigenvalue weighted by atomic mass is 31.2. The van der Waals surface area contributed by atoms with Crippen LogP contribution in [0, 0.1) is 0 Å². The molecule has 0 saturated heterocycles. The molecule has 1 heterocycles. The Morgan fingerprint density at radius 2 is 0.635 bits per heavy atom. The van der Waals surface area contributed by atoms with Gasteiger partial charge in [0.1, 0.15) is 26.4 Å². The van der Waals surface area contributed by atoms with Crippen LogP contribution in [0.2, 0.25) is 0 Å². The van der Waals surface area contributed by atoms with Crippen molar-refractivity contribution in [1.82, 2.24) is 0 Å². The molecule has 0 saturated carbocycles. The van der Waals surface area contributed by atoms with Crippen LogP contribution in [0.5, 0.6) is 46.0 Å². The first-order valence-electron chi connectivity index (χ1n) is 16.7. The molecule has 4 aromatic rings. The van der Waals surface area contributed by atoms with E-state index in [0.717, 1.165) is 0 Å². The van der Waals surface area contributed by atoms with E-state index in [-0.39, 0.29) is 89.1 Å². The number of ether oxygens (including phenoxy) is 6. The predicted molar refractivity (Wildman–Crippen MR) is 190 cm³/mol. The van der Waals surface area contributed by atoms with Crippen LogP contribution in [-0.2, 0) is 27.7 Å². The summed E-state index contributed by atoms with van der Waals surface area (Å²) in [7, 11) is -8.41. The molecule has 0 atom stereocenters. The molecule has 0 radical (unpaired) electrons. The summed E-state index contributed by atoms with van der Waals surface area (Å²) < 4.78 is 96.9. The van der Waals surface area contributed by atoms with Crippen LogP contribution < -0.4 is 37.0 Å². The maximum Gasteiger partial charge on any atom is 0.587 e. The number of fused-ring (bicyclic) bond motifs is 4. The largest absolute Gasteiger partial charge is 0.587 e. The van der Waals surface area contributed by atoms with Gasteiger partial charge in [-0.15, -0.1) is 0 Å². The molecule has 0 N–H and O–H groups in total. The van der Waals surface area contributed by atoms with Crippen LogP contribution >= 0.6 is 15.6 Å². The highest BCUT2D eigenvalue weighted by Gasteiger charge is 2.34. The van der Waals surface area contributed by atoms with Crippen LogP contribution in [0.15, 0.2) is 97.1 Å².